The Morgan fingerprint density at radius 3 is 1.16 bits per heavy atom. The molecule has 0 aliphatic carbocycles. The van der Waals surface area contributed by atoms with Gasteiger partial charge < -0.3 is 45.7 Å². The van der Waals surface area contributed by atoms with Crippen molar-refractivity contribution in [3.8, 4) is 23.0 Å². The number of hydrogen-bond donors (Lipinski definition) is 4. The van der Waals surface area contributed by atoms with Gasteiger partial charge in [0.2, 0.25) is 0 Å². The van der Waals surface area contributed by atoms with Crippen molar-refractivity contribution in [3.05, 3.63) is 36.4 Å². The minimum Gasteiger partial charge on any atom is -0.776 e. The van der Waals surface area contributed by atoms with Gasteiger partial charge in [0.1, 0.15) is 11.5 Å². The van der Waals surface area contributed by atoms with Gasteiger partial charge in [-0.15, -0.1) is 9.79 Å². The van der Waals surface area contributed by atoms with Crippen LogP contribution < -0.4 is 0 Å². The van der Waals surface area contributed by atoms with E-state index in [1.165, 1.54) is 12.1 Å². The molecule has 0 atom stereocenters. The fourth-order valence-corrected chi connectivity index (χ4v) is 1.39. The summed E-state index contributed by atoms with van der Waals surface area (Å²) >= 11 is 9.26. The van der Waals surface area contributed by atoms with Crippen LogP contribution in [0, 0.1) is 0 Å². The van der Waals surface area contributed by atoms with Crippen LogP contribution in [0.25, 0.3) is 0 Å². The van der Waals surface area contributed by atoms with E-state index < -0.39 is 0 Å². The van der Waals surface area contributed by atoms with Crippen molar-refractivity contribution in [2.24, 2.45) is 0 Å². The number of para-hydroxylation sites is 2. The van der Waals surface area contributed by atoms with Crippen LogP contribution in [0.5, 0.6) is 23.0 Å². The fourth-order valence-electron chi connectivity index (χ4n) is 1.02. The van der Waals surface area contributed by atoms with Crippen molar-refractivity contribution in [3.63, 3.8) is 0 Å². The quantitative estimate of drug-likeness (QED) is 0.317. The molecular formula is C12H10O4RuS2. The van der Waals surface area contributed by atoms with Crippen LogP contribution in [-0.2, 0) is 44.7 Å². The van der Waals surface area contributed by atoms with Gasteiger partial charge in [0.05, 0.1) is 0 Å². The van der Waals surface area contributed by atoms with Gasteiger partial charge in [-0.25, -0.2) is 0 Å². The van der Waals surface area contributed by atoms with Crippen molar-refractivity contribution in [2.75, 3.05) is 0 Å². The van der Waals surface area contributed by atoms with E-state index >= 15 is 0 Å². The van der Waals surface area contributed by atoms with E-state index in [1.54, 1.807) is 24.3 Å². The Balaban J connectivity index is 0.000000324. The number of rotatable bonds is 0. The number of aromatic hydroxyl groups is 4. The molecule has 0 aliphatic heterocycles. The molecular weight excluding hydrogens is 373 g/mol. The van der Waals surface area contributed by atoms with Crippen molar-refractivity contribution in [1.29, 1.82) is 0 Å². The Labute approximate surface area is 134 Å². The summed E-state index contributed by atoms with van der Waals surface area (Å²) in [6.45, 7) is 0. The molecule has 7 heteroatoms. The van der Waals surface area contributed by atoms with Crippen molar-refractivity contribution in [2.45, 2.75) is 9.79 Å². The second-order valence-electron chi connectivity index (χ2n) is 3.25. The maximum absolute atomic E-state index is 8.85. The van der Waals surface area contributed by atoms with Gasteiger partial charge in [-0.1, -0.05) is 24.3 Å². The van der Waals surface area contributed by atoms with Crippen LogP contribution in [0.4, 0.5) is 0 Å². The van der Waals surface area contributed by atoms with Crippen LogP contribution in [0.15, 0.2) is 46.2 Å². The SMILES string of the molecule is Oc1cccc([S-])c1O.Oc1cccc([S-])c1O.[Ru+2]. The first kappa shape index (κ1) is 17.7. The molecule has 0 unspecified atom stereocenters. The van der Waals surface area contributed by atoms with E-state index in [0.29, 0.717) is 0 Å². The predicted molar refractivity (Wildman–Crippen MR) is 70.8 cm³/mol. The molecule has 0 radical (unpaired) electrons. The third-order valence-electron chi connectivity index (χ3n) is 1.96. The second kappa shape index (κ2) is 7.99. The minimum absolute atomic E-state index is 0. The molecule has 2 aromatic rings. The molecule has 0 spiro atoms. The van der Waals surface area contributed by atoms with Crippen LogP contribution in [0.1, 0.15) is 0 Å². The van der Waals surface area contributed by atoms with E-state index in [9.17, 15) is 0 Å². The number of benzene rings is 2. The number of phenols is 4. The van der Waals surface area contributed by atoms with Crippen molar-refractivity contribution >= 4 is 25.3 Å². The molecule has 19 heavy (non-hydrogen) atoms. The largest absolute Gasteiger partial charge is 2.00 e. The maximum Gasteiger partial charge on any atom is 2.00 e. The number of phenolic OH excluding ortho intramolecular Hbond substituents is 4. The fraction of sp³-hybridized carbons (Fsp3) is 0. The summed E-state index contributed by atoms with van der Waals surface area (Å²) in [6, 6.07) is 9.01. The Morgan fingerprint density at radius 1 is 0.632 bits per heavy atom. The van der Waals surface area contributed by atoms with Crippen LogP contribution in [-0.4, -0.2) is 20.4 Å². The smallest absolute Gasteiger partial charge is 0.776 e. The van der Waals surface area contributed by atoms with Gasteiger partial charge in [-0.05, 0) is 12.1 Å². The van der Waals surface area contributed by atoms with E-state index in [-0.39, 0.29) is 52.3 Å². The molecule has 0 aliphatic rings. The Morgan fingerprint density at radius 2 is 0.947 bits per heavy atom. The second-order valence-corrected chi connectivity index (χ2v) is 4.13. The summed E-state index contributed by atoms with van der Waals surface area (Å²) < 4.78 is 0. The van der Waals surface area contributed by atoms with E-state index in [2.05, 4.69) is 25.3 Å². The van der Waals surface area contributed by atoms with Crippen LogP contribution in [0.3, 0.4) is 0 Å². The Kier molecular flexibility index (Phi) is 7.45. The number of hydrogen-bond acceptors (Lipinski definition) is 6. The molecule has 2 rings (SSSR count). The first-order valence-corrected chi connectivity index (χ1v) is 5.61. The zero-order chi connectivity index (χ0) is 13.7. The third kappa shape index (κ3) is 5.06. The molecule has 0 heterocycles. The average molecular weight is 383 g/mol. The molecule has 0 saturated heterocycles. The Hall–Kier alpha value is -1.30. The predicted octanol–water partition coefficient (Wildman–Crippen LogP) is 2.00. The molecule has 4 N–H and O–H groups in total. The van der Waals surface area contributed by atoms with Crippen molar-refractivity contribution < 1.29 is 39.9 Å². The zero-order valence-corrected chi connectivity index (χ0v) is 12.8. The standard InChI is InChI=1S/2C6H6O2S.Ru/c2*7-4-2-1-3-5(9)6(4)8;/h2*1-3,7-9H;/q;;+2/p-2. The minimum atomic E-state index is -0.215. The third-order valence-corrected chi connectivity index (χ3v) is 2.61. The van der Waals surface area contributed by atoms with E-state index in [0.717, 1.165) is 0 Å². The normalized spacial score (nSPS) is 8.84. The Bertz CT molecular complexity index is 459. The molecule has 0 aromatic heterocycles. The maximum atomic E-state index is 8.85. The van der Waals surface area contributed by atoms with E-state index in [1.807, 2.05) is 0 Å². The summed E-state index contributed by atoms with van der Waals surface area (Å²) in [7, 11) is 0. The molecule has 0 saturated carbocycles. The van der Waals surface area contributed by atoms with Crippen LogP contribution in [0.2, 0.25) is 0 Å². The molecule has 0 bridgehead atoms. The first-order chi connectivity index (χ1) is 8.43. The zero-order valence-electron chi connectivity index (χ0n) is 9.42. The van der Waals surface area contributed by atoms with Gasteiger partial charge in [-0.3, -0.25) is 0 Å². The van der Waals surface area contributed by atoms with Gasteiger partial charge >= 0.3 is 19.5 Å². The average Bonchev–Trinajstić information content (AvgIpc) is 2.34. The van der Waals surface area contributed by atoms with Gasteiger partial charge in [0, 0.05) is 0 Å². The molecule has 102 valence electrons. The topological polar surface area (TPSA) is 80.9 Å². The van der Waals surface area contributed by atoms with Crippen LogP contribution >= 0.6 is 0 Å². The summed E-state index contributed by atoms with van der Waals surface area (Å²) in [6.07, 6.45) is 0. The molecule has 0 amide bonds. The summed E-state index contributed by atoms with van der Waals surface area (Å²) in [4.78, 5) is 0.546. The van der Waals surface area contributed by atoms with Gasteiger partial charge in [0.15, 0.2) is 11.5 Å². The summed E-state index contributed by atoms with van der Waals surface area (Å²) in [5.74, 6) is -0.759. The van der Waals surface area contributed by atoms with E-state index in [4.69, 9.17) is 20.4 Å². The molecule has 2 aromatic carbocycles. The summed E-state index contributed by atoms with van der Waals surface area (Å²) in [5, 5.41) is 35.3. The van der Waals surface area contributed by atoms with Gasteiger partial charge in [-0.2, -0.15) is 0 Å². The molecule has 4 nitrogen and oxygen atoms in total. The summed E-state index contributed by atoms with van der Waals surface area (Å²) in [5.41, 5.74) is 0. The van der Waals surface area contributed by atoms with Gasteiger partial charge in [0.25, 0.3) is 0 Å². The van der Waals surface area contributed by atoms with Crippen molar-refractivity contribution in [1.82, 2.24) is 0 Å². The molecule has 0 fully saturated rings. The first-order valence-electron chi connectivity index (χ1n) is 4.79. The monoisotopic (exact) mass is 384 g/mol.